The first-order valence-corrected chi connectivity index (χ1v) is 9.58. The fourth-order valence-corrected chi connectivity index (χ4v) is 3.31. The van der Waals surface area contributed by atoms with Crippen molar-refractivity contribution in [2.24, 2.45) is 5.92 Å². The summed E-state index contributed by atoms with van der Waals surface area (Å²) in [6, 6.07) is 2.61. The minimum Gasteiger partial charge on any atom is -0.467 e. The highest BCUT2D eigenvalue weighted by Gasteiger charge is 2.28. The Hall–Kier alpha value is -2.25. The number of ether oxygens (including phenoxy) is 1. The number of anilines is 1. The minimum absolute atomic E-state index is 0.175. The van der Waals surface area contributed by atoms with Crippen LogP contribution in [0.1, 0.15) is 25.3 Å². The van der Waals surface area contributed by atoms with Crippen molar-refractivity contribution in [1.82, 2.24) is 10.2 Å². The van der Waals surface area contributed by atoms with Crippen molar-refractivity contribution in [1.29, 1.82) is 0 Å². The first-order chi connectivity index (χ1) is 13.2. The molecule has 28 heavy (non-hydrogen) atoms. The summed E-state index contributed by atoms with van der Waals surface area (Å²) in [6.45, 7) is 2.47. The van der Waals surface area contributed by atoms with Gasteiger partial charge in [0, 0.05) is 25.1 Å². The second kappa shape index (κ2) is 9.80. The van der Waals surface area contributed by atoms with Crippen molar-refractivity contribution < 1.29 is 19.1 Å². The number of nitrogens with zero attached hydrogens (tertiary/aromatic N) is 1. The normalized spacial score (nSPS) is 16.1. The first kappa shape index (κ1) is 22.0. The molecule has 2 rings (SSSR count). The standard InChI is InChI=1S/C19H23Cl2N3O4/c1-11(19(27)28-2)23-18(26)13-7-9-24(10-8-13)15(25)6-4-12-3-5-14(22)17(21)16(12)20/h3-6,11,13H,7-10,22H2,1-2H3,(H,23,26)/b6-4+. The maximum Gasteiger partial charge on any atom is 0.328 e. The van der Waals surface area contributed by atoms with Crippen LogP contribution in [0.5, 0.6) is 0 Å². The summed E-state index contributed by atoms with van der Waals surface area (Å²) in [5, 5.41) is 3.19. The predicted octanol–water partition coefficient (Wildman–Crippen LogP) is 2.51. The van der Waals surface area contributed by atoms with E-state index in [4.69, 9.17) is 28.9 Å². The molecule has 1 aromatic carbocycles. The summed E-state index contributed by atoms with van der Waals surface area (Å²) in [4.78, 5) is 37.7. The van der Waals surface area contributed by atoms with Crippen LogP contribution >= 0.6 is 23.2 Å². The maximum absolute atomic E-state index is 12.4. The summed E-state index contributed by atoms with van der Waals surface area (Å²) in [7, 11) is 1.27. The number of carbonyl (C=O) groups is 3. The Morgan fingerprint density at radius 3 is 2.50 bits per heavy atom. The van der Waals surface area contributed by atoms with Crippen LogP contribution < -0.4 is 11.1 Å². The molecule has 2 amide bonds. The number of esters is 1. The molecular weight excluding hydrogens is 405 g/mol. The zero-order valence-corrected chi connectivity index (χ0v) is 17.2. The number of nitrogens with two attached hydrogens (primary N) is 1. The Morgan fingerprint density at radius 1 is 1.25 bits per heavy atom. The third kappa shape index (κ3) is 5.39. The van der Waals surface area contributed by atoms with Gasteiger partial charge in [-0.2, -0.15) is 0 Å². The van der Waals surface area contributed by atoms with Gasteiger partial charge in [0.15, 0.2) is 0 Å². The van der Waals surface area contributed by atoms with E-state index in [1.165, 1.54) is 13.2 Å². The lowest BCUT2D eigenvalue weighted by atomic mass is 9.95. The van der Waals surface area contributed by atoms with Gasteiger partial charge in [-0.05, 0) is 37.5 Å². The van der Waals surface area contributed by atoms with Crippen molar-refractivity contribution in [2.45, 2.75) is 25.8 Å². The highest BCUT2D eigenvalue weighted by Crippen LogP contribution is 2.31. The fraction of sp³-hybridized carbons (Fsp3) is 0.421. The number of piperidine rings is 1. The van der Waals surface area contributed by atoms with Crippen molar-refractivity contribution in [3.05, 3.63) is 33.8 Å². The van der Waals surface area contributed by atoms with E-state index in [1.807, 2.05) is 0 Å². The van der Waals surface area contributed by atoms with Crippen molar-refractivity contribution >= 4 is 52.7 Å². The Labute approximate surface area is 173 Å². The number of nitrogen functional groups attached to an aromatic ring is 1. The number of nitrogens with one attached hydrogen (secondary N) is 1. The van der Waals surface area contributed by atoms with E-state index in [0.717, 1.165) is 0 Å². The van der Waals surface area contributed by atoms with E-state index in [2.05, 4.69) is 10.1 Å². The third-order valence-electron chi connectivity index (χ3n) is 4.64. The van der Waals surface area contributed by atoms with Crippen molar-refractivity contribution in [2.75, 3.05) is 25.9 Å². The number of methoxy groups -OCH3 is 1. The zero-order chi connectivity index (χ0) is 20.8. The van der Waals surface area contributed by atoms with Gasteiger partial charge in [-0.25, -0.2) is 4.79 Å². The van der Waals surface area contributed by atoms with E-state index < -0.39 is 12.0 Å². The molecule has 1 aliphatic rings. The molecule has 0 radical (unpaired) electrons. The molecule has 0 bridgehead atoms. The number of halogens is 2. The van der Waals surface area contributed by atoms with Gasteiger partial charge in [0.05, 0.1) is 22.8 Å². The van der Waals surface area contributed by atoms with E-state index >= 15 is 0 Å². The van der Waals surface area contributed by atoms with Crippen LogP contribution in [0.15, 0.2) is 18.2 Å². The second-order valence-electron chi connectivity index (χ2n) is 6.56. The summed E-state index contributed by atoms with van der Waals surface area (Å²) >= 11 is 12.1. The monoisotopic (exact) mass is 427 g/mol. The molecule has 9 heteroatoms. The second-order valence-corrected chi connectivity index (χ2v) is 7.31. The largest absolute Gasteiger partial charge is 0.467 e. The molecule has 0 saturated carbocycles. The Kier molecular flexibility index (Phi) is 7.71. The highest BCUT2D eigenvalue weighted by atomic mass is 35.5. The Bertz CT molecular complexity index is 790. The van der Waals surface area contributed by atoms with Gasteiger partial charge in [0.25, 0.3) is 0 Å². The van der Waals surface area contributed by atoms with Gasteiger partial charge in [-0.15, -0.1) is 0 Å². The zero-order valence-electron chi connectivity index (χ0n) is 15.7. The number of hydrogen-bond acceptors (Lipinski definition) is 5. The molecule has 152 valence electrons. The van der Waals surface area contributed by atoms with Crippen LogP contribution in [0, 0.1) is 5.92 Å². The molecular formula is C19H23Cl2N3O4. The van der Waals surface area contributed by atoms with Crippen LogP contribution in [0.4, 0.5) is 5.69 Å². The molecule has 1 atom stereocenters. The quantitative estimate of drug-likeness (QED) is 0.426. The van der Waals surface area contributed by atoms with Crippen LogP contribution in [-0.2, 0) is 19.1 Å². The SMILES string of the molecule is COC(=O)C(C)NC(=O)C1CCN(C(=O)/C=C/c2ccc(N)c(Cl)c2Cl)CC1. The van der Waals surface area contributed by atoms with Gasteiger partial charge in [-0.1, -0.05) is 29.3 Å². The number of likely N-dealkylation sites (tertiary alicyclic amines) is 1. The third-order valence-corrected chi connectivity index (χ3v) is 5.55. The van der Waals surface area contributed by atoms with E-state index in [-0.39, 0.29) is 22.8 Å². The smallest absolute Gasteiger partial charge is 0.328 e. The minimum atomic E-state index is -0.698. The highest BCUT2D eigenvalue weighted by molar-refractivity contribution is 6.44. The molecule has 7 nitrogen and oxygen atoms in total. The molecule has 0 spiro atoms. The Balaban J connectivity index is 1.89. The number of hydrogen-bond donors (Lipinski definition) is 2. The van der Waals surface area contributed by atoms with E-state index in [9.17, 15) is 14.4 Å². The Morgan fingerprint density at radius 2 is 1.89 bits per heavy atom. The van der Waals surface area contributed by atoms with Gasteiger partial charge in [0.2, 0.25) is 11.8 Å². The molecule has 3 N–H and O–H groups in total. The molecule has 1 aromatic rings. The summed E-state index contributed by atoms with van der Waals surface area (Å²) in [5.74, 6) is -1.12. The fourth-order valence-electron chi connectivity index (χ4n) is 2.90. The van der Waals surface area contributed by atoms with Crippen molar-refractivity contribution in [3.63, 3.8) is 0 Å². The molecule has 0 aliphatic carbocycles. The molecule has 1 aliphatic heterocycles. The number of carbonyl (C=O) groups excluding carboxylic acids is 3. The average molecular weight is 428 g/mol. The first-order valence-electron chi connectivity index (χ1n) is 8.83. The van der Waals surface area contributed by atoms with Gasteiger partial charge in [-0.3, -0.25) is 9.59 Å². The average Bonchev–Trinajstić information content (AvgIpc) is 2.70. The van der Waals surface area contributed by atoms with E-state index in [0.29, 0.717) is 42.2 Å². The van der Waals surface area contributed by atoms with Crippen LogP contribution in [-0.4, -0.2) is 48.9 Å². The lowest BCUT2D eigenvalue weighted by Gasteiger charge is -2.31. The lowest BCUT2D eigenvalue weighted by Crippen LogP contribution is -2.46. The van der Waals surface area contributed by atoms with Crippen LogP contribution in [0.3, 0.4) is 0 Å². The van der Waals surface area contributed by atoms with E-state index in [1.54, 1.807) is 30.0 Å². The molecule has 1 heterocycles. The number of amides is 2. The topological polar surface area (TPSA) is 102 Å². The summed E-state index contributed by atoms with van der Waals surface area (Å²) < 4.78 is 4.60. The summed E-state index contributed by atoms with van der Waals surface area (Å²) in [6.07, 6.45) is 4.06. The van der Waals surface area contributed by atoms with Crippen molar-refractivity contribution in [3.8, 4) is 0 Å². The lowest BCUT2D eigenvalue weighted by molar-refractivity contribution is -0.145. The molecule has 1 fully saturated rings. The predicted molar refractivity (Wildman–Crippen MR) is 109 cm³/mol. The molecule has 1 saturated heterocycles. The molecule has 1 unspecified atom stereocenters. The number of rotatable bonds is 5. The van der Waals surface area contributed by atoms with Gasteiger partial charge in [0.1, 0.15) is 6.04 Å². The van der Waals surface area contributed by atoms with Crippen LogP contribution in [0.2, 0.25) is 10.0 Å². The number of benzene rings is 1. The van der Waals surface area contributed by atoms with Crippen LogP contribution in [0.25, 0.3) is 6.08 Å². The van der Waals surface area contributed by atoms with Gasteiger partial charge < -0.3 is 20.7 Å². The van der Waals surface area contributed by atoms with Gasteiger partial charge >= 0.3 is 5.97 Å². The molecule has 0 aromatic heterocycles. The summed E-state index contributed by atoms with van der Waals surface area (Å²) in [5.41, 5.74) is 6.65. The maximum atomic E-state index is 12.4.